The molecule has 0 spiro atoms. The lowest BCUT2D eigenvalue weighted by molar-refractivity contribution is 0.467. The van der Waals surface area contributed by atoms with Crippen LogP contribution in [0.4, 0.5) is 0 Å². The normalized spacial score (nSPS) is 13.3. The summed E-state index contributed by atoms with van der Waals surface area (Å²) < 4.78 is 15.6. The highest BCUT2D eigenvalue weighted by Gasteiger charge is 2.44. The molecule has 490 valence electrons. The van der Waals surface area contributed by atoms with Crippen LogP contribution in [-0.4, -0.2) is 6.71 Å². The summed E-state index contributed by atoms with van der Waals surface area (Å²) >= 11 is 0. The van der Waals surface area contributed by atoms with Crippen molar-refractivity contribution < 1.29 is 9.47 Å². The molecule has 2 nitrogen and oxygen atoms in total. The summed E-state index contributed by atoms with van der Waals surface area (Å²) in [6, 6.07) is 117. The molecular weight excluding hydrogens is 1240 g/mol. The number of benzene rings is 13. The SMILES string of the molecule is CC(C)(C)c1cc(-c2ccc3c(c2)Oc2c(-c4ccc(S(c5ccccc5)(c5ccccc5)c5ccccc5)cc4)cc(-c4ccc(S(c5ccccc5)(c5ccccc5)c5ccccc5)cc4)c4c2B3c2ccc(-c3cc(C(C)(C)C)cc(C(C)(C)C)c3)cc2O4)cc(C(C)(C)C)c1. The predicted octanol–water partition coefficient (Wildman–Crippen LogP) is 25.0. The van der Waals surface area contributed by atoms with Crippen LogP contribution in [0.25, 0.3) is 44.5 Å². The highest BCUT2D eigenvalue weighted by Crippen LogP contribution is 2.75. The first-order valence-corrected chi connectivity index (χ1v) is 38.2. The van der Waals surface area contributed by atoms with Crippen LogP contribution in [0, 0.1) is 0 Å². The highest BCUT2D eigenvalue weighted by atomic mass is 32.3. The molecule has 2 aliphatic rings. The molecule has 0 saturated carbocycles. The molecule has 0 unspecified atom stereocenters. The fourth-order valence-corrected chi connectivity index (χ4v) is 22.5. The maximum atomic E-state index is 7.80. The van der Waals surface area contributed by atoms with E-state index in [1.54, 1.807) is 0 Å². The number of fused-ring (bicyclic) bond motifs is 4. The molecule has 99 heavy (non-hydrogen) atoms. The highest BCUT2D eigenvalue weighted by molar-refractivity contribution is 8.34. The Hall–Kier alpha value is -9.78. The van der Waals surface area contributed by atoms with Crippen LogP contribution in [0.2, 0.25) is 0 Å². The Morgan fingerprint density at radius 3 is 0.727 bits per heavy atom. The molecule has 0 radical (unpaired) electrons. The van der Waals surface area contributed by atoms with Crippen molar-refractivity contribution in [3.8, 4) is 67.5 Å². The molecule has 0 amide bonds. The Kier molecular flexibility index (Phi) is 16.6. The topological polar surface area (TPSA) is 18.5 Å². The summed E-state index contributed by atoms with van der Waals surface area (Å²) in [7, 11) is -3.98. The van der Waals surface area contributed by atoms with E-state index in [2.05, 4.69) is 392 Å². The van der Waals surface area contributed by atoms with Gasteiger partial charge in [-0.05, 0) is 203 Å². The van der Waals surface area contributed by atoms with E-state index in [9.17, 15) is 0 Å². The molecule has 15 rings (SSSR count). The summed E-state index contributed by atoms with van der Waals surface area (Å²) in [5.41, 5.74) is 16.9. The molecule has 2 aliphatic heterocycles. The van der Waals surface area contributed by atoms with Crippen molar-refractivity contribution in [2.24, 2.45) is 0 Å². The smallest absolute Gasteiger partial charge is 0.260 e. The van der Waals surface area contributed by atoms with Crippen molar-refractivity contribution in [3.63, 3.8) is 0 Å². The van der Waals surface area contributed by atoms with E-state index >= 15 is 0 Å². The van der Waals surface area contributed by atoms with Crippen LogP contribution in [0.15, 0.2) is 349 Å². The van der Waals surface area contributed by atoms with E-state index < -0.39 is 20.1 Å². The molecule has 0 atom stereocenters. The first-order valence-electron chi connectivity index (χ1n) is 34.9. The third-order valence-electron chi connectivity index (χ3n) is 20.2. The van der Waals surface area contributed by atoms with Gasteiger partial charge in [0.1, 0.15) is 23.0 Å². The van der Waals surface area contributed by atoms with Crippen molar-refractivity contribution in [2.75, 3.05) is 0 Å². The average molecular weight is 1320 g/mol. The molecule has 5 heteroatoms. The van der Waals surface area contributed by atoms with Gasteiger partial charge in [-0.3, -0.25) is 0 Å². The summed E-state index contributed by atoms with van der Waals surface area (Å²) in [6.07, 6.45) is 0. The van der Waals surface area contributed by atoms with E-state index in [1.807, 2.05) is 0 Å². The van der Waals surface area contributed by atoms with E-state index in [0.717, 1.165) is 72.8 Å². The Balaban J connectivity index is 0.994. The standard InChI is InChI=1S/C94H87BO2S2/c1-91(2,3)70-55-68(56-71(61-70)92(4,5)6)66-47-53-84-86(59-66)96-89-82(64-43-49-80(50-44-64)98(74-31-19-13-20-32-74,75-33-21-14-22-34-75)76-35-23-15-24-36-76)63-83(65-45-51-81(52-46-65)99(77-37-25-16-26-38-77,78-39-27-17-28-40-78)79-41-29-18-30-42-79)90-88(89)95(84)85-54-48-67(60-87(85)97-90)69-57-72(93(7,8)9)62-73(58-69)94(10,11)12/h13-63H,1-12H3. The second-order valence-electron chi connectivity index (χ2n) is 30.9. The second-order valence-corrected chi connectivity index (χ2v) is 37.2. The van der Waals surface area contributed by atoms with Crippen LogP contribution in [0.3, 0.4) is 0 Å². The van der Waals surface area contributed by atoms with Crippen molar-refractivity contribution in [2.45, 2.75) is 144 Å². The van der Waals surface area contributed by atoms with Gasteiger partial charge in [-0.1, -0.05) is 277 Å². The number of rotatable bonds is 12. The lowest BCUT2D eigenvalue weighted by Crippen LogP contribution is -2.57. The second kappa shape index (κ2) is 25.2. The Morgan fingerprint density at radius 2 is 0.475 bits per heavy atom. The summed E-state index contributed by atoms with van der Waals surface area (Å²) in [5.74, 6) is 3.30. The van der Waals surface area contributed by atoms with Crippen LogP contribution >= 0.6 is 20.1 Å². The zero-order valence-corrected chi connectivity index (χ0v) is 60.8. The molecule has 13 aromatic carbocycles. The third-order valence-corrected chi connectivity index (χ3v) is 28.1. The molecule has 2 heterocycles. The minimum Gasteiger partial charge on any atom is -0.458 e. The molecule has 0 saturated heterocycles. The maximum absolute atomic E-state index is 7.80. The Morgan fingerprint density at radius 1 is 0.232 bits per heavy atom. The lowest BCUT2D eigenvalue weighted by atomic mass is 9.34. The average Bonchev–Trinajstić information content (AvgIpc) is 0.704. The molecule has 0 fully saturated rings. The lowest BCUT2D eigenvalue weighted by Gasteiger charge is -2.42. The first-order chi connectivity index (χ1) is 47.6. The van der Waals surface area contributed by atoms with Gasteiger partial charge in [-0.2, -0.15) is 0 Å². The van der Waals surface area contributed by atoms with Gasteiger partial charge in [0, 0.05) is 55.8 Å². The largest absolute Gasteiger partial charge is 0.458 e. The minimum absolute atomic E-state index is 0.0635. The van der Waals surface area contributed by atoms with Gasteiger partial charge in [-0.25, -0.2) is 0 Å². The number of hydrogen-bond donors (Lipinski definition) is 0. The van der Waals surface area contributed by atoms with Gasteiger partial charge < -0.3 is 9.47 Å². The Labute approximate surface area is 591 Å². The molecule has 0 bridgehead atoms. The molecule has 13 aromatic rings. The van der Waals surface area contributed by atoms with E-state index in [-0.39, 0.29) is 28.4 Å². The van der Waals surface area contributed by atoms with Crippen LogP contribution < -0.4 is 25.9 Å². The maximum Gasteiger partial charge on any atom is 0.260 e. The quantitative estimate of drug-likeness (QED) is 0.114. The van der Waals surface area contributed by atoms with E-state index in [4.69, 9.17) is 9.47 Å². The van der Waals surface area contributed by atoms with Crippen molar-refractivity contribution in [1.29, 1.82) is 0 Å². The number of hydrogen-bond acceptors (Lipinski definition) is 2. The first kappa shape index (κ1) is 65.2. The van der Waals surface area contributed by atoms with E-state index in [0.29, 0.717) is 0 Å². The molecule has 0 aliphatic carbocycles. The van der Waals surface area contributed by atoms with Gasteiger partial charge in [0.15, 0.2) is 0 Å². The van der Waals surface area contributed by atoms with Crippen molar-refractivity contribution in [1.82, 2.24) is 0 Å². The van der Waals surface area contributed by atoms with Gasteiger partial charge in [0.05, 0.1) is 0 Å². The predicted molar refractivity (Wildman–Crippen MR) is 421 cm³/mol. The fourth-order valence-electron chi connectivity index (χ4n) is 14.7. The minimum atomic E-state index is -1.99. The van der Waals surface area contributed by atoms with Gasteiger partial charge in [-0.15, -0.1) is 20.1 Å². The zero-order chi connectivity index (χ0) is 68.6. The van der Waals surface area contributed by atoms with E-state index in [1.165, 1.54) is 72.5 Å². The zero-order valence-electron chi connectivity index (χ0n) is 59.2. The van der Waals surface area contributed by atoms with Crippen LogP contribution in [-0.2, 0) is 21.7 Å². The summed E-state index contributed by atoms with van der Waals surface area (Å²) in [4.78, 5) is 10.2. The van der Waals surface area contributed by atoms with Crippen LogP contribution in [0.1, 0.15) is 105 Å². The van der Waals surface area contributed by atoms with Crippen LogP contribution in [0.5, 0.6) is 23.0 Å². The number of ether oxygens (including phenoxy) is 2. The van der Waals surface area contributed by atoms with Crippen molar-refractivity contribution >= 4 is 43.2 Å². The molecule has 0 N–H and O–H groups in total. The summed E-state index contributed by atoms with van der Waals surface area (Å²) in [5, 5.41) is 0. The van der Waals surface area contributed by atoms with Gasteiger partial charge >= 0.3 is 0 Å². The Bertz CT molecular complexity index is 4540. The van der Waals surface area contributed by atoms with Gasteiger partial charge in [0.25, 0.3) is 6.71 Å². The summed E-state index contributed by atoms with van der Waals surface area (Å²) in [6.45, 7) is 27.6. The molecule has 0 aromatic heterocycles. The fraction of sp³-hybridized carbons (Fsp3) is 0.170. The molecular formula is C94H87BO2S2. The monoisotopic (exact) mass is 1320 g/mol. The van der Waals surface area contributed by atoms with Crippen molar-refractivity contribution in [3.05, 3.63) is 332 Å². The van der Waals surface area contributed by atoms with Gasteiger partial charge in [0.2, 0.25) is 0 Å². The third kappa shape index (κ3) is 11.8.